The summed E-state index contributed by atoms with van der Waals surface area (Å²) in [5, 5.41) is 5.20. The maximum absolute atomic E-state index is 12.1. The van der Waals surface area contributed by atoms with Crippen molar-refractivity contribution in [1.29, 1.82) is 0 Å². The Bertz CT molecular complexity index is 1230. The number of aliphatic imine (C=N–C) groups is 1. The van der Waals surface area contributed by atoms with Crippen LogP contribution >= 0.6 is 0 Å². The Kier molecular flexibility index (Phi) is 9.10. The minimum absolute atomic E-state index is 0.0834. The molecule has 4 rings (SSSR count). The normalized spacial score (nSPS) is 18.8. The lowest BCUT2D eigenvalue weighted by Gasteiger charge is -2.27. The number of carbonyl (C=O) groups is 1. The highest BCUT2D eigenvalue weighted by molar-refractivity contribution is 5.92. The molecule has 0 atom stereocenters. The molecular formula is C30H38N6O2. The second-order valence-corrected chi connectivity index (χ2v) is 9.93. The van der Waals surface area contributed by atoms with Crippen molar-refractivity contribution in [2.45, 2.75) is 19.8 Å². The number of hydrogen-bond acceptors (Lipinski definition) is 7. The zero-order valence-corrected chi connectivity index (χ0v) is 22.9. The number of pyridine rings is 1. The van der Waals surface area contributed by atoms with E-state index >= 15 is 0 Å². The first-order valence-electron chi connectivity index (χ1n) is 13.0. The summed E-state index contributed by atoms with van der Waals surface area (Å²) in [5.41, 5.74) is 8.21. The van der Waals surface area contributed by atoms with Gasteiger partial charge in [0.25, 0.3) is 5.91 Å². The quantitative estimate of drug-likeness (QED) is 0.418. The largest absolute Gasteiger partial charge is 0.385 e. The monoisotopic (exact) mass is 514 g/mol. The summed E-state index contributed by atoms with van der Waals surface area (Å²) in [6.07, 6.45) is 15.8. The standard InChI is InChI=1S/C30H38N6O2/c1-22(18-23(2)29(9-13-31-3)36-17-12-27-26(21-38-36)8-14-32-27)20-35-15-10-24(11-16-35)25-6-7-28(33-19-25)30(37)34(4)5/h6-7,9-10,12-13,17-19,32H,2,8,11,14-16,20-21H2,1,3-5H3/b22-18+,29-9+,31-13?. The number of nitrogens with one attached hydrogen (secondary N) is 1. The van der Waals surface area contributed by atoms with Gasteiger partial charge >= 0.3 is 0 Å². The first kappa shape index (κ1) is 27.3. The van der Waals surface area contributed by atoms with E-state index in [1.165, 1.54) is 21.6 Å². The van der Waals surface area contributed by atoms with Gasteiger partial charge in [0, 0.05) is 71.6 Å². The number of allylic oxidation sites excluding steroid dienone is 3. The lowest BCUT2D eigenvalue weighted by Crippen LogP contribution is -2.30. The van der Waals surface area contributed by atoms with E-state index in [1.54, 1.807) is 44.7 Å². The molecule has 3 aliphatic heterocycles. The molecule has 0 fully saturated rings. The highest BCUT2D eigenvalue weighted by Crippen LogP contribution is 2.26. The van der Waals surface area contributed by atoms with Crippen LogP contribution < -0.4 is 5.32 Å². The van der Waals surface area contributed by atoms with Crippen LogP contribution in [0, 0.1) is 0 Å². The third kappa shape index (κ3) is 6.76. The lowest BCUT2D eigenvalue weighted by molar-refractivity contribution is -0.0775. The van der Waals surface area contributed by atoms with Gasteiger partial charge in [-0.05, 0) is 60.3 Å². The molecule has 38 heavy (non-hydrogen) atoms. The van der Waals surface area contributed by atoms with Crippen molar-refractivity contribution in [3.05, 3.63) is 94.8 Å². The molecule has 4 heterocycles. The fourth-order valence-corrected chi connectivity index (χ4v) is 4.71. The number of nitrogens with zero attached hydrogens (tertiary/aromatic N) is 5. The highest BCUT2D eigenvalue weighted by Gasteiger charge is 2.20. The highest BCUT2D eigenvalue weighted by atomic mass is 16.7. The number of aromatic nitrogens is 1. The average Bonchev–Trinajstić information content (AvgIpc) is 3.28. The maximum atomic E-state index is 12.1. The van der Waals surface area contributed by atoms with Crippen molar-refractivity contribution < 1.29 is 9.63 Å². The van der Waals surface area contributed by atoms with Crippen molar-refractivity contribution in [2.24, 2.45) is 4.99 Å². The van der Waals surface area contributed by atoms with E-state index < -0.39 is 0 Å². The molecular weight excluding hydrogens is 476 g/mol. The van der Waals surface area contributed by atoms with E-state index in [2.05, 4.69) is 51.9 Å². The number of hydrogen-bond donors (Lipinski definition) is 1. The summed E-state index contributed by atoms with van der Waals surface area (Å²) in [7, 11) is 5.22. The Labute approximate surface area is 226 Å². The Hall–Kier alpha value is -3.75. The number of hydroxylamine groups is 2. The Balaban J connectivity index is 1.37. The molecule has 8 nitrogen and oxygen atoms in total. The molecule has 200 valence electrons. The fourth-order valence-electron chi connectivity index (χ4n) is 4.71. The van der Waals surface area contributed by atoms with Crippen LogP contribution in [0.5, 0.6) is 0 Å². The van der Waals surface area contributed by atoms with Crippen LogP contribution in [0.4, 0.5) is 0 Å². The van der Waals surface area contributed by atoms with Gasteiger partial charge in [-0.2, -0.15) is 0 Å². The van der Waals surface area contributed by atoms with E-state index in [4.69, 9.17) is 4.84 Å². The molecule has 1 aromatic rings. The molecule has 0 aromatic carbocycles. The van der Waals surface area contributed by atoms with Gasteiger partial charge in [0.2, 0.25) is 0 Å². The van der Waals surface area contributed by atoms with E-state index in [-0.39, 0.29) is 5.91 Å². The van der Waals surface area contributed by atoms with E-state index in [1.807, 2.05) is 18.3 Å². The third-order valence-corrected chi connectivity index (χ3v) is 6.77. The van der Waals surface area contributed by atoms with Gasteiger partial charge in [-0.3, -0.25) is 24.5 Å². The molecule has 0 spiro atoms. The van der Waals surface area contributed by atoms with Crippen LogP contribution in [0.3, 0.4) is 0 Å². The summed E-state index contributed by atoms with van der Waals surface area (Å²) in [6.45, 7) is 10.7. The van der Waals surface area contributed by atoms with Crippen LogP contribution in [0.15, 0.2) is 88.5 Å². The Morgan fingerprint density at radius 2 is 2.16 bits per heavy atom. The van der Waals surface area contributed by atoms with Crippen molar-refractivity contribution in [2.75, 3.05) is 53.9 Å². The molecule has 0 saturated carbocycles. The van der Waals surface area contributed by atoms with Gasteiger partial charge in [-0.1, -0.05) is 30.4 Å². The molecule has 1 aromatic heterocycles. The maximum Gasteiger partial charge on any atom is 0.271 e. The minimum atomic E-state index is -0.0834. The summed E-state index contributed by atoms with van der Waals surface area (Å²) < 4.78 is 0. The van der Waals surface area contributed by atoms with Gasteiger partial charge in [0.05, 0.1) is 12.3 Å². The number of amides is 1. The van der Waals surface area contributed by atoms with E-state index in [9.17, 15) is 4.79 Å². The Morgan fingerprint density at radius 3 is 2.84 bits per heavy atom. The predicted molar refractivity (Wildman–Crippen MR) is 153 cm³/mol. The average molecular weight is 515 g/mol. The van der Waals surface area contributed by atoms with E-state index in [0.717, 1.165) is 61.6 Å². The molecule has 0 aliphatic carbocycles. The van der Waals surface area contributed by atoms with Gasteiger partial charge in [-0.15, -0.1) is 0 Å². The SMILES string of the molecule is C=C(/C=C(\C)CN1CC=C(c2ccc(C(=O)N(C)C)nc2)CC1)/C(=C\C=NC)N1C=CC2=C(CCN2)CO1. The number of carbonyl (C=O) groups excluding carboxylic acids is 1. The molecule has 1 N–H and O–H groups in total. The second-order valence-electron chi connectivity index (χ2n) is 9.93. The van der Waals surface area contributed by atoms with Gasteiger partial charge in [0.1, 0.15) is 5.69 Å². The van der Waals surface area contributed by atoms with Crippen molar-refractivity contribution in [3.8, 4) is 0 Å². The first-order valence-corrected chi connectivity index (χ1v) is 13.0. The zero-order chi connectivity index (χ0) is 27.1. The minimum Gasteiger partial charge on any atom is -0.385 e. The second kappa shape index (κ2) is 12.7. The molecule has 0 radical (unpaired) electrons. The molecule has 0 saturated heterocycles. The fraction of sp³-hybridized carbons (Fsp3) is 0.367. The summed E-state index contributed by atoms with van der Waals surface area (Å²) >= 11 is 0. The topological polar surface area (TPSA) is 73.3 Å². The predicted octanol–water partition coefficient (Wildman–Crippen LogP) is 3.97. The van der Waals surface area contributed by atoms with Crippen molar-refractivity contribution in [1.82, 2.24) is 25.2 Å². The molecule has 1 amide bonds. The van der Waals surface area contributed by atoms with Crippen molar-refractivity contribution in [3.63, 3.8) is 0 Å². The Morgan fingerprint density at radius 1 is 1.32 bits per heavy atom. The van der Waals surface area contributed by atoms with Crippen LogP contribution in [0.1, 0.15) is 35.8 Å². The first-order chi connectivity index (χ1) is 18.4. The van der Waals surface area contributed by atoms with Crippen LogP contribution in [-0.2, 0) is 4.84 Å². The molecule has 8 heteroatoms. The molecule has 0 unspecified atom stereocenters. The van der Waals surface area contributed by atoms with E-state index in [0.29, 0.717) is 12.3 Å². The van der Waals surface area contributed by atoms with Gasteiger partial charge in [-0.25, -0.2) is 5.06 Å². The summed E-state index contributed by atoms with van der Waals surface area (Å²) in [4.78, 5) is 30.7. The van der Waals surface area contributed by atoms with Gasteiger partial charge in [0.15, 0.2) is 0 Å². The molecule has 3 aliphatic rings. The zero-order valence-electron chi connectivity index (χ0n) is 22.9. The third-order valence-electron chi connectivity index (χ3n) is 6.77. The van der Waals surface area contributed by atoms with Crippen LogP contribution in [0.2, 0.25) is 0 Å². The smallest absolute Gasteiger partial charge is 0.271 e. The molecule has 0 bridgehead atoms. The van der Waals surface area contributed by atoms with Crippen LogP contribution in [-0.4, -0.2) is 85.9 Å². The summed E-state index contributed by atoms with van der Waals surface area (Å²) in [6, 6.07) is 3.80. The van der Waals surface area contributed by atoms with Crippen LogP contribution in [0.25, 0.3) is 5.57 Å². The van der Waals surface area contributed by atoms with Gasteiger partial charge < -0.3 is 10.2 Å². The van der Waals surface area contributed by atoms with Crippen molar-refractivity contribution >= 4 is 17.7 Å². The summed E-state index contributed by atoms with van der Waals surface area (Å²) in [5.74, 6) is -0.0834. The number of rotatable bonds is 8. The lowest BCUT2D eigenvalue weighted by atomic mass is 10.00.